The van der Waals surface area contributed by atoms with E-state index < -0.39 is 0 Å². The molecule has 1 fully saturated rings. The Kier molecular flexibility index (Phi) is 3.80. The summed E-state index contributed by atoms with van der Waals surface area (Å²) in [4.78, 5) is 15.5. The summed E-state index contributed by atoms with van der Waals surface area (Å²) in [5.74, 6) is 1.24. The molecule has 1 atom stereocenters. The molecule has 0 bridgehead atoms. The van der Waals surface area contributed by atoms with E-state index >= 15 is 0 Å². The van der Waals surface area contributed by atoms with Gasteiger partial charge in [-0.2, -0.15) is 0 Å². The predicted molar refractivity (Wildman–Crippen MR) is 72.9 cm³/mol. The Morgan fingerprint density at radius 1 is 1.32 bits per heavy atom. The van der Waals surface area contributed by atoms with Gasteiger partial charge in [0.2, 0.25) is 0 Å². The molecular formula is C13H19N3O3. The monoisotopic (exact) mass is 265 g/mol. The summed E-state index contributed by atoms with van der Waals surface area (Å²) < 4.78 is 10.4. The van der Waals surface area contributed by atoms with Gasteiger partial charge in [0.05, 0.1) is 20.3 Å². The molecule has 104 valence electrons. The van der Waals surface area contributed by atoms with E-state index in [0.717, 1.165) is 5.69 Å². The number of carbonyl (C=O) groups excluding carboxylic acids is 1. The first-order valence-corrected chi connectivity index (χ1v) is 6.08. The van der Waals surface area contributed by atoms with Crippen molar-refractivity contribution in [1.29, 1.82) is 0 Å². The lowest BCUT2D eigenvalue weighted by Gasteiger charge is -2.17. The van der Waals surface area contributed by atoms with Crippen LogP contribution in [0.1, 0.15) is 0 Å². The number of nitrogens with two attached hydrogens (primary N) is 1. The van der Waals surface area contributed by atoms with Crippen LogP contribution in [0.2, 0.25) is 0 Å². The molecular weight excluding hydrogens is 246 g/mol. The lowest BCUT2D eigenvalue weighted by molar-refractivity contribution is 0.219. The molecule has 6 nitrogen and oxygen atoms in total. The Bertz CT molecular complexity index is 478. The van der Waals surface area contributed by atoms with Crippen LogP contribution in [0.15, 0.2) is 18.2 Å². The second kappa shape index (κ2) is 5.36. The predicted octanol–water partition coefficient (Wildman–Crippen LogP) is 0.903. The molecule has 19 heavy (non-hydrogen) atoms. The van der Waals surface area contributed by atoms with Crippen molar-refractivity contribution in [3.63, 3.8) is 0 Å². The van der Waals surface area contributed by atoms with Gasteiger partial charge in [-0.05, 0) is 12.1 Å². The Morgan fingerprint density at radius 3 is 2.53 bits per heavy atom. The van der Waals surface area contributed by atoms with Gasteiger partial charge in [-0.25, -0.2) is 4.79 Å². The van der Waals surface area contributed by atoms with E-state index in [1.807, 2.05) is 6.07 Å². The number of rotatable bonds is 4. The van der Waals surface area contributed by atoms with Crippen LogP contribution in [-0.2, 0) is 0 Å². The molecule has 1 aliphatic heterocycles. The van der Waals surface area contributed by atoms with Gasteiger partial charge in [-0.3, -0.25) is 4.90 Å². The highest BCUT2D eigenvalue weighted by atomic mass is 16.5. The zero-order chi connectivity index (χ0) is 14.0. The molecule has 1 saturated heterocycles. The quantitative estimate of drug-likeness (QED) is 0.878. The van der Waals surface area contributed by atoms with E-state index in [1.165, 1.54) is 0 Å². The van der Waals surface area contributed by atoms with Gasteiger partial charge in [0.1, 0.15) is 0 Å². The van der Waals surface area contributed by atoms with Gasteiger partial charge in [-0.15, -0.1) is 0 Å². The Labute approximate surface area is 112 Å². The summed E-state index contributed by atoms with van der Waals surface area (Å²) >= 11 is 0. The summed E-state index contributed by atoms with van der Waals surface area (Å²) in [6.45, 7) is 1.04. The highest BCUT2D eigenvalue weighted by Crippen LogP contribution is 2.33. The lowest BCUT2D eigenvalue weighted by atomic mass is 10.2. The number of likely N-dealkylation sites (N-methyl/N-ethyl adjacent to an activating group) is 1. The molecule has 0 spiro atoms. The van der Waals surface area contributed by atoms with Crippen molar-refractivity contribution in [2.45, 2.75) is 6.04 Å². The second-order valence-corrected chi connectivity index (χ2v) is 4.43. The van der Waals surface area contributed by atoms with Crippen LogP contribution in [0.5, 0.6) is 11.5 Å². The van der Waals surface area contributed by atoms with E-state index in [-0.39, 0.29) is 12.1 Å². The Morgan fingerprint density at radius 2 is 2.00 bits per heavy atom. The van der Waals surface area contributed by atoms with Crippen molar-refractivity contribution in [1.82, 2.24) is 4.90 Å². The first-order chi connectivity index (χ1) is 9.12. The first-order valence-electron chi connectivity index (χ1n) is 6.08. The van der Waals surface area contributed by atoms with Crippen molar-refractivity contribution in [2.24, 2.45) is 5.73 Å². The molecule has 1 aromatic carbocycles. The third kappa shape index (κ3) is 2.31. The summed E-state index contributed by atoms with van der Waals surface area (Å²) in [5.41, 5.74) is 6.45. The van der Waals surface area contributed by atoms with Gasteiger partial charge in [0.15, 0.2) is 11.5 Å². The van der Waals surface area contributed by atoms with Crippen LogP contribution >= 0.6 is 0 Å². The smallest absolute Gasteiger partial charge is 0.324 e. The highest BCUT2D eigenvalue weighted by Gasteiger charge is 2.34. The minimum atomic E-state index is -0.0531. The second-order valence-electron chi connectivity index (χ2n) is 4.43. The number of amides is 2. The van der Waals surface area contributed by atoms with Gasteiger partial charge in [0.25, 0.3) is 0 Å². The molecule has 6 heteroatoms. The number of nitrogens with zero attached hydrogens (tertiary/aromatic N) is 2. The third-order valence-corrected chi connectivity index (χ3v) is 3.42. The Hall–Kier alpha value is -1.95. The number of hydrogen-bond acceptors (Lipinski definition) is 4. The number of methoxy groups -OCH3 is 2. The molecule has 1 aromatic rings. The van der Waals surface area contributed by atoms with Crippen molar-refractivity contribution in [3.8, 4) is 11.5 Å². The zero-order valence-electron chi connectivity index (χ0n) is 11.4. The Balaban J connectivity index is 2.30. The van der Waals surface area contributed by atoms with Crippen molar-refractivity contribution < 1.29 is 14.3 Å². The number of urea groups is 1. The van der Waals surface area contributed by atoms with Crippen molar-refractivity contribution in [3.05, 3.63) is 18.2 Å². The molecule has 1 heterocycles. The average molecular weight is 265 g/mol. The molecule has 0 radical (unpaired) electrons. The number of ether oxygens (including phenoxy) is 2. The zero-order valence-corrected chi connectivity index (χ0v) is 11.4. The molecule has 1 unspecified atom stereocenters. The van der Waals surface area contributed by atoms with E-state index in [9.17, 15) is 4.79 Å². The highest BCUT2D eigenvalue weighted by molar-refractivity contribution is 5.94. The topological polar surface area (TPSA) is 68.0 Å². The van der Waals surface area contributed by atoms with Crippen molar-refractivity contribution in [2.75, 3.05) is 39.3 Å². The molecule has 0 saturated carbocycles. The maximum absolute atomic E-state index is 12.2. The summed E-state index contributed by atoms with van der Waals surface area (Å²) in [5, 5.41) is 0. The van der Waals surface area contributed by atoms with Gasteiger partial charge in [-0.1, -0.05) is 0 Å². The minimum absolute atomic E-state index is 0.0422. The van der Waals surface area contributed by atoms with E-state index in [0.29, 0.717) is 24.6 Å². The molecule has 1 aliphatic rings. The number of hydrogen-bond donors (Lipinski definition) is 1. The number of carbonyl (C=O) groups is 1. The molecule has 2 rings (SSSR count). The molecule has 2 amide bonds. The lowest BCUT2D eigenvalue weighted by Crippen LogP contribution is -2.35. The standard InChI is InChI=1S/C13H19N3O3/c1-15-10(7-14)8-16(13(15)17)9-4-5-11(18-2)12(6-9)19-3/h4-6,10H,7-8,14H2,1-3H3. The van der Waals surface area contributed by atoms with Crippen LogP contribution in [-0.4, -0.2) is 51.3 Å². The van der Waals surface area contributed by atoms with Crippen LogP contribution in [0.25, 0.3) is 0 Å². The minimum Gasteiger partial charge on any atom is -0.493 e. The van der Waals surface area contributed by atoms with Crippen molar-refractivity contribution >= 4 is 11.7 Å². The van der Waals surface area contributed by atoms with Crippen LogP contribution in [0.3, 0.4) is 0 Å². The maximum atomic E-state index is 12.2. The van der Waals surface area contributed by atoms with E-state index in [1.54, 1.807) is 43.2 Å². The van der Waals surface area contributed by atoms with Crippen LogP contribution in [0.4, 0.5) is 10.5 Å². The largest absolute Gasteiger partial charge is 0.493 e. The molecule has 0 aliphatic carbocycles. The average Bonchev–Trinajstić information content (AvgIpc) is 2.74. The third-order valence-electron chi connectivity index (χ3n) is 3.42. The van der Waals surface area contributed by atoms with E-state index in [4.69, 9.17) is 15.2 Å². The number of benzene rings is 1. The fourth-order valence-corrected chi connectivity index (χ4v) is 2.20. The summed E-state index contributed by atoms with van der Waals surface area (Å²) in [7, 11) is 4.92. The van der Waals surface area contributed by atoms with E-state index in [2.05, 4.69) is 0 Å². The van der Waals surface area contributed by atoms with Crippen LogP contribution in [0, 0.1) is 0 Å². The first kappa shape index (κ1) is 13.5. The summed E-state index contributed by atoms with van der Waals surface area (Å²) in [6, 6.07) is 5.41. The fraction of sp³-hybridized carbons (Fsp3) is 0.462. The fourth-order valence-electron chi connectivity index (χ4n) is 2.20. The molecule has 2 N–H and O–H groups in total. The maximum Gasteiger partial charge on any atom is 0.324 e. The van der Waals surface area contributed by atoms with Crippen LogP contribution < -0.4 is 20.1 Å². The molecule has 0 aromatic heterocycles. The normalized spacial score (nSPS) is 18.9. The summed E-state index contributed by atoms with van der Waals surface area (Å²) in [6.07, 6.45) is 0. The van der Waals surface area contributed by atoms with Gasteiger partial charge >= 0.3 is 6.03 Å². The van der Waals surface area contributed by atoms with Gasteiger partial charge in [0, 0.05) is 31.9 Å². The SMILES string of the molecule is COc1ccc(N2CC(CN)N(C)C2=O)cc1OC. The number of anilines is 1. The van der Waals surface area contributed by atoms with Gasteiger partial charge < -0.3 is 20.1 Å².